The van der Waals surface area contributed by atoms with Crippen molar-refractivity contribution < 1.29 is 29.1 Å². The van der Waals surface area contributed by atoms with E-state index in [-0.39, 0.29) is 17.9 Å². The van der Waals surface area contributed by atoms with Crippen molar-refractivity contribution in [3.8, 4) is 0 Å². The van der Waals surface area contributed by atoms with Gasteiger partial charge in [0, 0.05) is 12.1 Å². The highest BCUT2D eigenvalue weighted by atomic mass is 16.4. The number of rotatable bonds is 8. The first-order chi connectivity index (χ1) is 14.8. The number of carboxylic acid groups (broad SMARTS) is 1. The summed E-state index contributed by atoms with van der Waals surface area (Å²) in [5.41, 5.74) is 1.82. The number of hydrogen-bond donors (Lipinski definition) is 3. The number of carbonyl (C=O) groups excluding carboxylic acids is 4. The lowest BCUT2D eigenvalue weighted by atomic mass is 9.90. The van der Waals surface area contributed by atoms with Crippen molar-refractivity contribution in [1.82, 2.24) is 15.5 Å². The Bertz CT molecular complexity index is 926. The summed E-state index contributed by atoms with van der Waals surface area (Å²) in [6.45, 7) is 9.35. The van der Waals surface area contributed by atoms with Gasteiger partial charge < -0.3 is 25.4 Å². The van der Waals surface area contributed by atoms with Gasteiger partial charge in [-0.05, 0) is 44.2 Å². The molecule has 0 radical (unpaired) electrons. The molecule has 1 aromatic rings. The smallest absolute Gasteiger partial charge is 0.305 e. The Balaban J connectivity index is 2.15. The third-order valence-corrected chi connectivity index (χ3v) is 5.55. The van der Waals surface area contributed by atoms with Crippen LogP contribution in [-0.4, -0.2) is 64.7 Å². The number of benzene rings is 1. The molecule has 3 N–H and O–H groups in total. The van der Waals surface area contributed by atoms with E-state index in [0.29, 0.717) is 18.3 Å². The zero-order valence-electron chi connectivity index (χ0n) is 19.1. The highest BCUT2D eigenvalue weighted by Crippen LogP contribution is 2.34. The summed E-state index contributed by atoms with van der Waals surface area (Å²) in [7, 11) is 0. The first-order valence-corrected chi connectivity index (χ1v) is 10.5. The minimum Gasteiger partial charge on any atom is -0.481 e. The molecule has 1 unspecified atom stereocenters. The van der Waals surface area contributed by atoms with E-state index >= 15 is 0 Å². The molecule has 0 spiro atoms. The molecule has 2 rings (SSSR count). The van der Waals surface area contributed by atoms with Crippen molar-refractivity contribution in [3.63, 3.8) is 0 Å². The molecule has 1 aromatic carbocycles. The van der Waals surface area contributed by atoms with Gasteiger partial charge in [-0.2, -0.15) is 0 Å². The summed E-state index contributed by atoms with van der Waals surface area (Å²) in [5.74, 6) is -2.61. The molecule has 1 saturated heterocycles. The molecule has 1 aliphatic rings. The number of aldehydes is 1. The topological polar surface area (TPSA) is 133 Å². The van der Waals surface area contributed by atoms with Crippen molar-refractivity contribution >= 4 is 30.0 Å². The number of amides is 3. The molecule has 9 nitrogen and oxygen atoms in total. The molecule has 3 amide bonds. The maximum Gasteiger partial charge on any atom is 0.305 e. The van der Waals surface area contributed by atoms with Gasteiger partial charge in [0.2, 0.25) is 11.8 Å². The average molecular weight is 446 g/mol. The third kappa shape index (κ3) is 6.15. The summed E-state index contributed by atoms with van der Waals surface area (Å²) in [6, 6.07) is 2.55. The predicted molar refractivity (Wildman–Crippen MR) is 117 cm³/mol. The number of nitrogens with zero attached hydrogens (tertiary/aromatic N) is 1. The van der Waals surface area contributed by atoms with E-state index in [1.807, 2.05) is 39.8 Å². The van der Waals surface area contributed by atoms with Crippen LogP contribution < -0.4 is 10.6 Å². The number of aliphatic carboxylic acids is 1. The Hall–Kier alpha value is -3.23. The van der Waals surface area contributed by atoms with E-state index in [1.54, 1.807) is 13.0 Å². The maximum atomic E-state index is 13.2. The van der Waals surface area contributed by atoms with Gasteiger partial charge in [-0.25, -0.2) is 0 Å². The van der Waals surface area contributed by atoms with E-state index in [4.69, 9.17) is 5.11 Å². The Morgan fingerprint density at radius 1 is 1.22 bits per heavy atom. The Morgan fingerprint density at radius 3 is 2.47 bits per heavy atom. The van der Waals surface area contributed by atoms with Crippen LogP contribution >= 0.6 is 0 Å². The van der Waals surface area contributed by atoms with Crippen LogP contribution in [0.3, 0.4) is 0 Å². The van der Waals surface area contributed by atoms with Gasteiger partial charge in [0.25, 0.3) is 5.91 Å². The van der Waals surface area contributed by atoms with Crippen LogP contribution in [0.25, 0.3) is 0 Å². The molecule has 0 aromatic heterocycles. The monoisotopic (exact) mass is 445 g/mol. The van der Waals surface area contributed by atoms with E-state index in [2.05, 4.69) is 10.6 Å². The second-order valence-electron chi connectivity index (χ2n) is 9.21. The number of aryl methyl sites for hydroxylation is 2. The quantitative estimate of drug-likeness (QED) is 0.515. The van der Waals surface area contributed by atoms with Crippen molar-refractivity contribution in [2.45, 2.75) is 65.6 Å². The SMILES string of the molecule is Cc1ccc(C)c(C(=O)N[C@@H](C)C(=O)N2CC(C)(C)C[C@H]2C(=O)NC(C=O)CC(=O)O)c1. The summed E-state index contributed by atoms with van der Waals surface area (Å²) >= 11 is 0. The van der Waals surface area contributed by atoms with Crippen molar-refractivity contribution in [2.24, 2.45) is 5.41 Å². The van der Waals surface area contributed by atoms with Crippen LogP contribution in [0, 0.1) is 19.3 Å². The first kappa shape index (κ1) is 25.0. The number of carbonyl (C=O) groups is 5. The van der Waals surface area contributed by atoms with E-state index < -0.39 is 42.3 Å². The molecule has 32 heavy (non-hydrogen) atoms. The van der Waals surface area contributed by atoms with Crippen LogP contribution in [0.1, 0.15) is 55.1 Å². The molecule has 1 heterocycles. The summed E-state index contributed by atoms with van der Waals surface area (Å²) < 4.78 is 0. The molecular weight excluding hydrogens is 414 g/mol. The molecular formula is C23H31N3O6. The lowest BCUT2D eigenvalue weighted by molar-refractivity contribution is -0.141. The van der Waals surface area contributed by atoms with Gasteiger partial charge in [-0.1, -0.05) is 31.5 Å². The molecule has 1 fully saturated rings. The van der Waals surface area contributed by atoms with Crippen molar-refractivity contribution in [2.75, 3.05) is 6.54 Å². The fraction of sp³-hybridized carbons (Fsp3) is 0.522. The molecule has 3 atom stereocenters. The van der Waals surface area contributed by atoms with E-state index in [1.165, 1.54) is 4.90 Å². The van der Waals surface area contributed by atoms with Gasteiger partial charge in [0.1, 0.15) is 18.4 Å². The molecule has 0 aliphatic carbocycles. The number of likely N-dealkylation sites (tertiary alicyclic amines) is 1. The Kier molecular flexibility index (Phi) is 7.77. The highest BCUT2D eigenvalue weighted by molar-refractivity contribution is 5.99. The second kappa shape index (κ2) is 9.93. The van der Waals surface area contributed by atoms with Crippen LogP contribution in [-0.2, 0) is 19.2 Å². The van der Waals surface area contributed by atoms with Gasteiger partial charge in [-0.15, -0.1) is 0 Å². The fourth-order valence-corrected chi connectivity index (χ4v) is 3.90. The lowest BCUT2D eigenvalue weighted by Crippen LogP contribution is -2.54. The van der Waals surface area contributed by atoms with Gasteiger partial charge in [-0.3, -0.25) is 19.2 Å². The van der Waals surface area contributed by atoms with Crippen LogP contribution in [0.5, 0.6) is 0 Å². The van der Waals surface area contributed by atoms with Crippen molar-refractivity contribution in [1.29, 1.82) is 0 Å². The second-order valence-corrected chi connectivity index (χ2v) is 9.21. The number of carboxylic acids is 1. The average Bonchev–Trinajstić information content (AvgIpc) is 3.03. The summed E-state index contributed by atoms with van der Waals surface area (Å²) in [5, 5.41) is 14.0. The van der Waals surface area contributed by atoms with E-state index in [9.17, 15) is 24.0 Å². The fourth-order valence-electron chi connectivity index (χ4n) is 3.90. The Morgan fingerprint density at radius 2 is 1.88 bits per heavy atom. The molecule has 1 aliphatic heterocycles. The van der Waals surface area contributed by atoms with Crippen LogP contribution in [0.4, 0.5) is 0 Å². The standard InChI is InChI=1S/C23H31N3O6/c1-13-6-7-14(2)17(8-13)20(30)24-15(3)22(32)26-12-23(4,5)10-18(26)21(31)25-16(11-27)9-19(28)29/h6-8,11,15-16,18H,9-10,12H2,1-5H3,(H,24,30)(H,25,31)(H,28,29)/t15-,16?,18-/m0/s1. The Labute approximate surface area is 187 Å². The third-order valence-electron chi connectivity index (χ3n) is 5.55. The minimum atomic E-state index is -1.22. The van der Waals surface area contributed by atoms with Gasteiger partial charge in [0.05, 0.1) is 12.5 Å². The minimum absolute atomic E-state index is 0.290. The summed E-state index contributed by atoms with van der Waals surface area (Å²) in [6.07, 6.45) is 0.174. The maximum absolute atomic E-state index is 13.2. The highest BCUT2D eigenvalue weighted by Gasteiger charge is 2.45. The van der Waals surface area contributed by atoms with E-state index in [0.717, 1.165) is 11.1 Å². The molecule has 0 saturated carbocycles. The zero-order chi connectivity index (χ0) is 24.2. The van der Waals surface area contributed by atoms with Gasteiger partial charge in [0.15, 0.2) is 0 Å². The first-order valence-electron chi connectivity index (χ1n) is 10.5. The van der Waals surface area contributed by atoms with Crippen LogP contribution in [0.2, 0.25) is 0 Å². The van der Waals surface area contributed by atoms with Crippen molar-refractivity contribution in [3.05, 3.63) is 34.9 Å². The number of nitrogens with one attached hydrogen (secondary N) is 2. The molecule has 0 bridgehead atoms. The molecule has 174 valence electrons. The summed E-state index contributed by atoms with van der Waals surface area (Å²) in [4.78, 5) is 62.1. The zero-order valence-corrected chi connectivity index (χ0v) is 19.1. The van der Waals surface area contributed by atoms with Gasteiger partial charge >= 0.3 is 5.97 Å². The largest absolute Gasteiger partial charge is 0.481 e. The normalized spacial score (nSPS) is 19.0. The molecule has 9 heteroatoms. The number of hydrogen-bond acceptors (Lipinski definition) is 5. The van der Waals surface area contributed by atoms with Crippen LogP contribution in [0.15, 0.2) is 18.2 Å². The predicted octanol–water partition coefficient (Wildman–Crippen LogP) is 1.21. The lowest BCUT2D eigenvalue weighted by Gasteiger charge is -2.28.